The summed E-state index contributed by atoms with van der Waals surface area (Å²) in [6.07, 6.45) is -0.926. The van der Waals surface area contributed by atoms with Crippen LogP contribution in [0, 0.1) is 0 Å². The van der Waals surface area contributed by atoms with Gasteiger partial charge in [0.15, 0.2) is 0 Å². The first-order valence-electron chi connectivity index (χ1n) is 6.41. The van der Waals surface area contributed by atoms with Crippen molar-refractivity contribution in [2.45, 2.75) is 12.2 Å². The van der Waals surface area contributed by atoms with Crippen LogP contribution in [0.5, 0.6) is 0 Å². The maximum atomic E-state index is 12.1. The fourth-order valence-electron chi connectivity index (χ4n) is 1.88. The molecule has 2 rings (SSSR count). The lowest BCUT2D eigenvalue weighted by Gasteiger charge is -2.15. The smallest absolute Gasteiger partial charge is 0.370 e. The molecule has 0 aliphatic carbocycles. The van der Waals surface area contributed by atoms with Gasteiger partial charge in [-0.3, -0.25) is 0 Å². The Balaban J connectivity index is 2.01. The Labute approximate surface area is 120 Å². The van der Waals surface area contributed by atoms with Crippen LogP contribution in [0.2, 0.25) is 0 Å². The molecule has 1 aromatic carbocycles. The molecule has 1 heterocycles. The van der Waals surface area contributed by atoms with Gasteiger partial charge in [0, 0.05) is 11.8 Å². The van der Waals surface area contributed by atoms with E-state index in [9.17, 15) is 13.2 Å². The highest BCUT2D eigenvalue weighted by Crippen LogP contribution is 2.18. The summed E-state index contributed by atoms with van der Waals surface area (Å²) in [5.74, 6) is 0. The maximum Gasteiger partial charge on any atom is 0.411 e. The molecule has 0 saturated heterocycles. The molecule has 0 radical (unpaired) electrons. The van der Waals surface area contributed by atoms with Crippen molar-refractivity contribution in [3.05, 3.63) is 48.3 Å². The van der Waals surface area contributed by atoms with Crippen molar-refractivity contribution >= 4 is 0 Å². The number of alkyl halides is 3. The van der Waals surface area contributed by atoms with E-state index < -0.39 is 12.8 Å². The summed E-state index contributed by atoms with van der Waals surface area (Å²) in [6.45, 7) is -1.32. The van der Waals surface area contributed by atoms with E-state index in [0.717, 1.165) is 11.3 Å². The lowest BCUT2D eigenvalue weighted by atomic mass is 10.2. The van der Waals surface area contributed by atoms with Gasteiger partial charge in [0.1, 0.15) is 6.61 Å². The summed E-state index contributed by atoms with van der Waals surface area (Å²) in [4.78, 5) is 0. The number of nitrogens with zero attached hydrogens (tertiary/aromatic N) is 2. The average Bonchev–Trinajstić information content (AvgIpc) is 2.93. The third-order valence-corrected chi connectivity index (χ3v) is 2.92. The summed E-state index contributed by atoms with van der Waals surface area (Å²) in [5.41, 5.74) is 1.65. The molecule has 4 nitrogen and oxygen atoms in total. The third kappa shape index (κ3) is 4.57. The van der Waals surface area contributed by atoms with Crippen molar-refractivity contribution in [1.82, 2.24) is 15.1 Å². The molecule has 0 spiro atoms. The van der Waals surface area contributed by atoms with Crippen molar-refractivity contribution < 1.29 is 17.9 Å². The van der Waals surface area contributed by atoms with Crippen LogP contribution in [-0.4, -0.2) is 36.2 Å². The molecule has 0 saturated carbocycles. The number of ether oxygens (including phenoxy) is 1. The first-order chi connectivity index (χ1) is 9.99. The van der Waals surface area contributed by atoms with Gasteiger partial charge in [-0.1, -0.05) is 18.2 Å². The highest BCUT2D eigenvalue weighted by molar-refractivity contribution is 5.31. The molecule has 0 aliphatic rings. The molecular weight excluding hydrogens is 283 g/mol. The number of nitrogens with one attached hydrogen (secondary N) is 1. The molecule has 1 N–H and O–H groups in total. The van der Waals surface area contributed by atoms with E-state index in [-0.39, 0.29) is 12.6 Å². The summed E-state index contributed by atoms with van der Waals surface area (Å²) in [5, 5.41) is 7.13. The van der Waals surface area contributed by atoms with Crippen molar-refractivity contribution in [2.75, 3.05) is 20.3 Å². The number of aromatic nitrogens is 2. The number of hydrogen-bond acceptors (Lipinski definition) is 3. The Kier molecular flexibility index (Phi) is 4.98. The van der Waals surface area contributed by atoms with Crippen molar-refractivity contribution in [2.24, 2.45) is 0 Å². The van der Waals surface area contributed by atoms with Gasteiger partial charge in [-0.15, -0.1) is 0 Å². The minimum Gasteiger partial charge on any atom is -0.370 e. The first-order valence-corrected chi connectivity index (χ1v) is 6.41. The molecule has 21 heavy (non-hydrogen) atoms. The second-order valence-electron chi connectivity index (χ2n) is 4.53. The number of benzene rings is 1. The van der Waals surface area contributed by atoms with Gasteiger partial charge in [0.05, 0.1) is 24.5 Å². The summed E-state index contributed by atoms with van der Waals surface area (Å²) in [6, 6.07) is 9.12. The largest absolute Gasteiger partial charge is 0.411 e. The van der Waals surface area contributed by atoms with E-state index in [1.165, 1.54) is 0 Å². The molecule has 1 aromatic heterocycles. The van der Waals surface area contributed by atoms with Crippen LogP contribution in [0.25, 0.3) is 5.69 Å². The highest BCUT2D eigenvalue weighted by atomic mass is 19.4. The van der Waals surface area contributed by atoms with Crippen molar-refractivity contribution in [3.8, 4) is 5.69 Å². The predicted molar refractivity (Wildman–Crippen MR) is 72.2 cm³/mol. The molecule has 0 amide bonds. The van der Waals surface area contributed by atoms with Crippen molar-refractivity contribution in [3.63, 3.8) is 0 Å². The Hall–Kier alpha value is -1.86. The Morgan fingerprint density at radius 2 is 2.00 bits per heavy atom. The minimum atomic E-state index is -4.31. The van der Waals surface area contributed by atoms with E-state index in [2.05, 4.69) is 10.4 Å². The Morgan fingerprint density at radius 3 is 2.62 bits per heavy atom. The average molecular weight is 299 g/mol. The molecular formula is C14H16F3N3O. The second kappa shape index (κ2) is 6.73. The fraction of sp³-hybridized carbons (Fsp3) is 0.357. The SMILES string of the molecule is CNC(COCC(F)(F)F)c1cnn(-c2ccccc2)c1. The quantitative estimate of drug-likeness (QED) is 0.891. The van der Waals surface area contributed by atoms with E-state index in [4.69, 9.17) is 4.74 Å². The number of rotatable bonds is 6. The summed E-state index contributed by atoms with van der Waals surface area (Å²) >= 11 is 0. The van der Waals surface area contributed by atoms with Crippen LogP contribution in [0.1, 0.15) is 11.6 Å². The molecule has 114 valence electrons. The van der Waals surface area contributed by atoms with E-state index in [1.54, 1.807) is 24.1 Å². The third-order valence-electron chi connectivity index (χ3n) is 2.92. The lowest BCUT2D eigenvalue weighted by molar-refractivity contribution is -0.175. The maximum absolute atomic E-state index is 12.1. The number of halogens is 3. The number of likely N-dealkylation sites (N-methyl/N-ethyl adjacent to an activating group) is 1. The number of para-hydroxylation sites is 1. The molecule has 0 fully saturated rings. The van der Waals surface area contributed by atoms with Crippen molar-refractivity contribution in [1.29, 1.82) is 0 Å². The lowest BCUT2D eigenvalue weighted by Crippen LogP contribution is -2.25. The normalized spacial score (nSPS) is 13.3. The summed E-state index contributed by atoms with van der Waals surface area (Å²) in [7, 11) is 1.67. The summed E-state index contributed by atoms with van der Waals surface area (Å²) < 4.78 is 42.6. The molecule has 7 heteroatoms. The molecule has 0 bridgehead atoms. The van der Waals surface area contributed by atoms with Gasteiger partial charge in [0.2, 0.25) is 0 Å². The van der Waals surface area contributed by atoms with Crippen LogP contribution in [0.3, 0.4) is 0 Å². The van der Waals surface area contributed by atoms with Gasteiger partial charge < -0.3 is 10.1 Å². The van der Waals surface area contributed by atoms with Gasteiger partial charge in [-0.05, 0) is 19.2 Å². The Bertz CT molecular complexity index is 554. The molecule has 0 aliphatic heterocycles. The first kappa shape index (κ1) is 15.5. The molecule has 1 atom stereocenters. The fourth-order valence-corrected chi connectivity index (χ4v) is 1.88. The van der Waals surface area contributed by atoms with Gasteiger partial charge in [-0.2, -0.15) is 18.3 Å². The van der Waals surface area contributed by atoms with E-state index in [0.29, 0.717) is 0 Å². The zero-order valence-electron chi connectivity index (χ0n) is 11.5. The topological polar surface area (TPSA) is 39.1 Å². The number of hydrogen-bond donors (Lipinski definition) is 1. The van der Waals surface area contributed by atoms with E-state index >= 15 is 0 Å². The second-order valence-corrected chi connectivity index (χ2v) is 4.53. The highest BCUT2D eigenvalue weighted by Gasteiger charge is 2.28. The van der Waals surface area contributed by atoms with Gasteiger partial charge in [-0.25, -0.2) is 4.68 Å². The minimum absolute atomic E-state index is 0.0729. The molecule has 2 aromatic rings. The van der Waals surface area contributed by atoms with Crippen LogP contribution in [0.4, 0.5) is 13.2 Å². The van der Waals surface area contributed by atoms with E-state index in [1.807, 2.05) is 30.3 Å². The monoisotopic (exact) mass is 299 g/mol. The zero-order chi connectivity index (χ0) is 15.3. The van der Waals surface area contributed by atoms with Crippen LogP contribution in [-0.2, 0) is 4.74 Å². The predicted octanol–water partition coefficient (Wildman–Crippen LogP) is 2.71. The van der Waals surface area contributed by atoms with Crippen LogP contribution in [0.15, 0.2) is 42.7 Å². The standard InChI is InChI=1S/C14H16F3N3O/c1-18-13(9-21-10-14(15,16)17)11-7-19-20(8-11)12-5-3-2-4-6-12/h2-8,13,18H,9-10H2,1H3. The molecule has 1 unspecified atom stereocenters. The van der Waals surface area contributed by atoms with Crippen LogP contribution >= 0.6 is 0 Å². The van der Waals surface area contributed by atoms with Crippen LogP contribution < -0.4 is 5.32 Å². The van der Waals surface area contributed by atoms with Gasteiger partial charge in [0.25, 0.3) is 0 Å². The Morgan fingerprint density at radius 1 is 1.29 bits per heavy atom. The zero-order valence-corrected chi connectivity index (χ0v) is 11.5. The van der Waals surface area contributed by atoms with Gasteiger partial charge >= 0.3 is 6.18 Å².